The van der Waals surface area contributed by atoms with Crippen molar-refractivity contribution in [3.63, 3.8) is 0 Å². The molecule has 0 aliphatic carbocycles. The number of aryl methyl sites for hydroxylation is 1. The zero-order valence-electron chi connectivity index (χ0n) is 13.8. The molecule has 1 rings (SSSR count). The van der Waals surface area contributed by atoms with Gasteiger partial charge >= 0.3 is 0 Å². The van der Waals surface area contributed by atoms with E-state index in [1.807, 2.05) is 0 Å². The standard InChI is InChI=1S/C18H32N2/c1-5-13-19-18(12-14-20(6-2)7-3)15-17-11-9-8-10-16(17)4/h8-11,18-19H,5-7,12-15H2,1-4H3. The molecule has 2 heteroatoms. The van der Waals surface area contributed by atoms with Crippen molar-refractivity contribution in [1.82, 2.24) is 10.2 Å². The average Bonchev–Trinajstić information content (AvgIpc) is 2.47. The van der Waals surface area contributed by atoms with Crippen LogP contribution < -0.4 is 5.32 Å². The second-order valence-corrected chi connectivity index (χ2v) is 5.60. The zero-order valence-corrected chi connectivity index (χ0v) is 13.8. The third-order valence-corrected chi connectivity index (χ3v) is 4.10. The van der Waals surface area contributed by atoms with Crippen molar-refractivity contribution in [3.8, 4) is 0 Å². The Bertz CT molecular complexity index is 358. The first-order valence-corrected chi connectivity index (χ1v) is 8.21. The summed E-state index contributed by atoms with van der Waals surface area (Å²) in [6, 6.07) is 9.37. The molecule has 114 valence electrons. The first-order valence-electron chi connectivity index (χ1n) is 8.21. The fraction of sp³-hybridized carbons (Fsp3) is 0.667. The summed E-state index contributed by atoms with van der Waals surface area (Å²) in [7, 11) is 0. The Labute approximate surface area is 125 Å². The van der Waals surface area contributed by atoms with E-state index in [4.69, 9.17) is 0 Å². The molecule has 0 aliphatic rings. The Morgan fingerprint density at radius 3 is 2.40 bits per heavy atom. The minimum absolute atomic E-state index is 0.594. The number of benzene rings is 1. The zero-order chi connectivity index (χ0) is 14.8. The van der Waals surface area contributed by atoms with Gasteiger partial charge < -0.3 is 10.2 Å². The fourth-order valence-electron chi connectivity index (χ4n) is 2.61. The molecule has 1 atom stereocenters. The Morgan fingerprint density at radius 1 is 1.10 bits per heavy atom. The van der Waals surface area contributed by atoms with Crippen LogP contribution in [0.1, 0.15) is 44.7 Å². The maximum absolute atomic E-state index is 3.72. The second kappa shape index (κ2) is 9.95. The van der Waals surface area contributed by atoms with Crippen LogP contribution in [0.25, 0.3) is 0 Å². The highest BCUT2D eigenvalue weighted by atomic mass is 15.1. The molecule has 0 spiro atoms. The Morgan fingerprint density at radius 2 is 1.80 bits per heavy atom. The van der Waals surface area contributed by atoms with Crippen LogP contribution in [-0.4, -0.2) is 37.1 Å². The smallest absolute Gasteiger partial charge is 0.0120 e. The monoisotopic (exact) mass is 276 g/mol. The average molecular weight is 276 g/mol. The van der Waals surface area contributed by atoms with Crippen molar-refractivity contribution >= 4 is 0 Å². The third-order valence-electron chi connectivity index (χ3n) is 4.10. The molecule has 20 heavy (non-hydrogen) atoms. The van der Waals surface area contributed by atoms with E-state index in [0.29, 0.717) is 6.04 Å². The van der Waals surface area contributed by atoms with Crippen LogP contribution in [0.5, 0.6) is 0 Å². The van der Waals surface area contributed by atoms with E-state index in [0.717, 1.165) is 26.1 Å². The van der Waals surface area contributed by atoms with Gasteiger partial charge in [0.05, 0.1) is 0 Å². The van der Waals surface area contributed by atoms with Gasteiger partial charge in [0, 0.05) is 6.04 Å². The van der Waals surface area contributed by atoms with E-state index in [1.165, 1.54) is 30.5 Å². The molecule has 1 unspecified atom stereocenters. The summed E-state index contributed by atoms with van der Waals surface area (Å²) in [5.41, 5.74) is 2.90. The van der Waals surface area contributed by atoms with Gasteiger partial charge in [-0.25, -0.2) is 0 Å². The molecule has 0 aromatic heterocycles. The van der Waals surface area contributed by atoms with Crippen LogP contribution >= 0.6 is 0 Å². The van der Waals surface area contributed by atoms with E-state index in [2.05, 4.69) is 62.2 Å². The van der Waals surface area contributed by atoms with Crippen molar-refractivity contribution < 1.29 is 0 Å². The molecule has 0 saturated heterocycles. The second-order valence-electron chi connectivity index (χ2n) is 5.60. The highest BCUT2D eigenvalue weighted by Crippen LogP contribution is 2.12. The van der Waals surface area contributed by atoms with E-state index >= 15 is 0 Å². The summed E-state index contributed by atoms with van der Waals surface area (Å²) in [5, 5.41) is 3.72. The minimum atomic E-state index is 0.594. The fourth-order valence-corrected chi connectivity index (χ4v) is 2.61. The number of rotatable bonds is 10. The maximum Gasteiger partial charge on any atom is 0.0120 e. The molecule has 1 aromatic rings. The first-order chi connectivity index (χ1) is 9.71. The Balaban J connectivity index is 2.57. The van der Waals surface area contributed by atoms with Crippen molar-refractivity contribution in [2.24, 2.45) is 0 Å². The molecular formula is C18H32N2. The largest absolute Gasteiger partial charge is 0.314 e. The number of hydrogen-bond donors (Lipinski definition) is 1. The van der Waals surface area contributed by atoms with Gasteiger partial charge in [-0.15, -0.1) is 0 Å². The van der Waals surface area contributed by atoms with Crippen LogP contribution in [-0.2, 0) is 6.42 Å². The van der Waals surface area contributed by atoms with Gasteiger partial charge in [0.15, 0.2) is 0 Å². The molecule has 0 aliphatic heterocycles. The first kappa shape index (κ1) is 17.2. The molecular weight excluding hydrogens is 244 g/mol. The summed E-state index contributed by atoms with van der Waals surface area (Å²) >= 11 is 0. The predicted molar refractivity (Wildman–Crippen MR) is 89.4 cm³/mol. The van der Waals surface area contributed by atoms with E-state index in [-0.39, 0.29) is 0 Å². The van der Waals surface area contributed by atoms with Gasteiger partial charge in [0.1, 0.15) is 0 Å². The highest BCUT2D eigenvalue weighted by molar-refractivity contribution is 5.26. The van der Waals surface area contributed by atoms with Gasteiger partial charge in [0.25, 0.3) is 0 Å². The van der Waals surface area contributed by atoms with Crippen LogP contribution in [0.15, 0.2) is 24.3 Å². The SMILES string of the molecule is CCCNC(CCN(CC)CC)Cc1ccccc1C. The quantitative estimate of drug-likeness (QED) is 0.702. The minimum Gasteiger partial charge on any atom is -0.314 e. The normalized spacial score (nSPS) is 12.8. The van der Waals surface area contributed by atoms with Crippen molar-refractivity contribution in [3.05, 3.63) is 35.4 Å². The predicted octanol–water partition coefficient (Wildman–Crippen LogP) is 3.64. The number of hydrogen-bond acceptors (Lipinski definition) is 2. The lowest BCUT2D eigenvalue weighted by atomic mass is 9.99. The lowest BCUT2D eigenvalue weighted by molar-refractivity contribution is 0.280. The maximum atomic E-state index is 3.72. The Hall–Kier alpha value is -0.860. The van der Waals surface area contributed by atoms with Gasteiger partial charge in [-0.05, 0) is 63.5 Å². The number of nitrogens with zero attached hydrogens (tertiary/aromatic N) is 1. The van der Waals surface area contributed by atoms with Gasteiger partial charge in [-0.1, -0.05) is 45.0 Å². The van der Waals surface area contributed by atoms with Crippen molar-refractivity contribution in [1.29, 1.82) is 0 Å². The van der Waals surface area contributed by atoms with Gasteiger partial charge in [-0.3, -0.25) is 0 Å². The molecule has 0 bridgehead atoms. The molecule has 0 saturated carbocycles. The van der Waals surface area contributed by atoms with Crippen LogP contribution in [0, 0.1) is 6.92 Å². The molecule has 0 amide bonds. The van der Waals surface area contributed by atoms with E-state index in [1.54, 1.807) is 0 Å². The Kier molecular flexibility index (Phi) is 8.56. The lowest BCUT2D eigenvalue weighted by Crippen LogP contribution is -2.36. The van der Waals surface area contributed by atoms with Crippen LogP contribution in [0.3, 0.4) is 0 Å². The number of nitrogens with one attached hydrogen (secondary N) is 1. The summed E-state index contributed by atoms with van der Waals surface area (Å²) in [5.74, 6) is 0. The molecule has 0 radical (unpaired) electrons. The summed E-state index contributed by atoms with van der Waals surface area (Å²) in [6.45, 7) is 13.6. The van der Waals surface area contributed by atoms with Crippen molar-refractivity contribution in [2.75, 3.05) is 26.2 Å². The van der Waals surface area contributed by atoms with Crippen LogP contribution in [0.2, 0.25) is 0 Å². The molecule has 0 heterocycles. The van der Waals surface area contributed by atoms with Crippen LogP contribution in [0.4, 0.5) is 0 Å². The highest BCUT2D eigenvalue weighted by Gasteiger charge is 2.11. The molecule has 2 nitrogen and oxygen atoms in total. The van der Waals surface area contributed by atoms with E-state index in [9.17, 15) is 0 Å². The van der Waals surface area contributed by atoms with Gasteiger partial charge in [-0.2, -0.15) is 0 Å². The molecule has 1 N–H and O–H groups in total. The lowest BCUT2D eigenvalue weighted by Gasteiger charge is -2.24. The van der Waals surface area contributed by atoms with Gasteiger partial charge in [0.2, 0.25) is 0 Å². The van der Waals surface area contributed by atoms with E-state index < -0.39 is 0 Å². The summed E-state index contributed by atoms with van der Waals surface area (Å²) in [4.78, 5) is 2.51. The summed E-state index contributed by atoms with van der Waals surface area (Å²) < 4.78 is 0. The third kappa shape index (κ3) is 6.06. The van der Waals surface area contributed by atoms with Crippen molar-refractivity contribution in [2.45, 2.75) is 53.0 Å². The topological polar surface area (TPSA) is 15.3 Å². The summed E-state index contributed by atoms with van der Waals surface area (Å²) in [6.07, 6.45) is 3.58. The molecule has 0 fully saturated rings. The molecule has 1 aromatic carbocycles.